The molecule has 16 heavy (non-hydrogen) atoms. The van der Waals surface area contributed by atoms with Crippen LogP contribution in [0.4, 0.5) is 0 Å². The highest BCUT2D eigenvalue weighted by Gasteiger charge is 2.42. The molecule has 4 nitrogen and oxygen atoms in total. The van der Waals surface area contributed by atoms with Crippen molar-refractivity contribution in [3.63, 3.8) is 0 Å². The zero-order chi connectivity index (χ0) is 11.4. The summed E-state index contributed by atoms with van der Waals surface area (Å²) >= 11 is 1.80. The Morgan fingerprint density at radius 1 is 1.69 bits per heavy atom. The number of esters is 1. The van der Waals surface area contributed by atoms with E-state index in [-0.39, 0.29) is 12.1 Å². The van der Waals surface area contributed by atoms with Crippen molar-refractivity contribution >= 4 is 17.7 Å². The standard InChI is InChI=1S/C11H19NO3S/c1-14-10(13)11(4-6-16-8-11)12-7-9-3-2-5-15-9/h9,12H,2-8H2,1H3. The number of hydrogen-bond acceptors (Lipinski definition) is 5. The largest absolute Gasteiger partial charge is 0.468 e. The van der Waals surface area contributed by atoms with Crippen LogP contribution in [-0.2, 0) is 14.3 Å². The highest BCUT2D eigenvalue weighted by molar-refractivity contribution is 7.99. The molecular formula is C11H19NO3S. The van der Waals surface area contributed by atoms with E-state index in [1.54, 1.807) is 11.8 Å². The first-order valence-corrected chi connectivity index (χ1v) is 6.95. The Hall–Kier alpha value is -0.260. The van der Waals surface area contributed by atoms with E-state index in [1.807, 2.05) is 0 Å². The first-order valence-electron chi connectivity index (χ1n) is 5.80. The Kier molecular flexibility index (Phi) is 4.10. The van der Waals surface area contributed by atoms with Gasteiger partial charge in [0.1, 0.15) is 5.54 Å². The van der Waals surface area contributed by atoms with Crippen molar-refractivity contribution in [1.82, 2.24) is 5.32 Å². The van der Waals surface area contributed by atoms with E-state index < -0.39 is 5.54 Å². The fraction of sp³-hybridized carbons (Fsp3) is 0.909. The molecule has 0 aromatic carbocycles. The fourth-order valence-corrected chi connectivity index (χ4v) is 3.60. The van der Waals surface area contributed by atoms with Crippen LogP contribution in [0.25, 0.3) is 0 Å². The monoisotopic (exact) mass is 245 g/mol. The maximum atomic E-state index is 11.8. The van der Waals surface area contributed by atoms with Gasteiger partial charge in [0.2, 0.25) is 0 Å². The second-order valence-electron chi connectivity index (χ2n) is 4.39. The molecule has 0 saturated carbocycles. The Balaban J connectivity index is 1.89. The second kappa shape index (κ2) is 5.38. The van der Waals surface area contributed by atoms with Gasteiger partial charge in [-0.1, -0.05) is 0 Å². The molecule has 2 aliphatic heterocycles. The predicted molar refractivity (Wildman–Crippen MR) is 63.7 cm³/mol. The van der Waals surface area contributed by atoms with Crippen LogP contribution in [0.1, 0.15) is 19.3 Å². The summed E-state index contributed by atoms with van der Waals surface area (Å²) in [4.78, 5) is 11.8. The lowest BCUT2D eigenvalue weighted by Crippen LogP contribution is -2.54. The molecule has 2 heterocycles. The molecule has 0 aliphatic carbocycles. The molecule has 0 bridgehead atoms. The average molecular weight is 245 g/mol. The Morgan fingerprint density at radius 3 is 3.12 bits per heavy atom. The molecule has 0 radical (unpaired) electrons. The van der Waals surface area contributed by atoms with Crippen molar-refractivity contribution in [3.05, 3.63) is 0 Å². The number of carbonyl (C=O) groups excluding carboxylic acids is 1. The molecule has 2 atom stereocenters. The molecule has 0 amide bonds. The zero-order valence-corrected chi connectivity index (χ0v) is 10.5. The maximum Gasteiger partial charge on any atom is 0.326 e. The fourth-order valence-electron chi connectivity index (χ4n) is 2.25. The Morgan fingerprint density at radius 2 is 2.56 bits per heavy atom. The number of methoxy groups -OCH3 is 1. The molecule has 0 aromatic heterocycles. The molecule has 1 N–H and O–H groups in total. The number of hydrogen-bond donors (Lipinski definition) is 1. The summed E-state index contributed by atoms with van der Waals surface area (Å²) in [5.41, 5.74) is -0.467. The molecule has 2 saturated heterocycles. The van der Waals surface area contributed by atoms with Crippen molar-refractivity contribution in [2.75, 3.05) is 31.8 Å². The lowest BCUT2D eigenvalue weighted by molar-refractivity contribution is -0.147. The van der Waals surface area contributed by atoms with Crippen LogP contribution >= 0.6 is 11.8 Å². The molecular weight excluding hydrogens is 226 g/mol. The normalized spacial score (nSPS) is 34.2. The van der Waals surface area contributed by atoms with Crippen LogP contribution in [-0.4, -0.2) is 49.4 Å². The third-order valence-corrected chi connectivity index (χ3v) is 4.48. The number of rotatable bonds is 4. The van der Waals surface area contributed by atoms with Gasteiger partial charge in [-0.05, 0) is 25.0 Å². The summed E-state index contributed by atoms with van der Waals surface area (Å²) in [7, 11) is 1.46. The third kappa shape index (κ3) is 2.52. The minimum Gasteiger partial charge on any atom is -0.468 e. The van der Waals surface area contributed by atoms with Crippen molar-refractivity contribution in [1.29, 1.82) is 0 Å². The Labute approximate surface area is 100 Å². The van der Waals surface area contributed by atoms with Gasteiger partial charge < -0.3 is 9.47 Å². The molecule has 0 aromatic rings. The van der Waals surface area contributed by atoms with Crippen LogP contribution in [0.3, 0.4) is 0 Å². The molecule has 2 aliphatic rings. The lowest BCUT2D eigenvalue weighted by atomic mass is 9.98. The number of carbonyl (C=O) groups is 1. The molecule has 2 rings (SSSR count). The highest BCUT2D eigenvalue weighted by Crippen LogP contribution is 2.29. The van der Waals surface area contributed by atoms with Gasteiger partial charge in [0, 0.05) is 18.9 Å². The van der Waals surface area contributed by atoms with Crippen LogP contribution in [0, 0.1) is 0 Å². The van der Waals surface area contributed by atoms with Gasteiger partial charge in [0.05, 0.1) is 13.2 Å². The van der Waals surface area contributed by atoms with Gasteiger partial charge in [-0.3, -0.25) is 10.1 Å². The van der Waals surface area contributed by atoms with Crippen LogP contribution in [0.15, 0.2) is 0 Å². The first-order chi connectivity index (χ1) is 7.77. The average Bonchev–Trinajstić information content (AvgIpc) is 2.97. The number of thioether (sulfide) groups is 1. The molecule has 0 spiro atoms. The van der Waals surface area contributed by atoms with Crippen molar-refractivity contribution in [3.8, 4) is 0 Å². The van der Waals surface area contributed by atoms with Gasteiger partial charge in [-0.15, -0.1) is 0 Å². The van der Waals surface area contributed by atoms with Crippen molar-refractivity contribution < 1.29 is 14.3 Å². The summed E-state index contributed by atoms with van der Waals surface area (Å²) in [6, 6.07) is 0. The number of nitrogens with one attached hydrogen (secondary N) is 1. The van der Waals surface area contributed by atoms with Gasteiger partial charge >= 0.3 is 5.97 Å². The van der Waals surface area contributed by atoms with E-state index in [9.17, 15) is 4.79 Å². The van der Waals surface area contributed by atoms with Gasteiger partial charge in [-0.25, -0.2) is 0 Å². The van der Waals surface area contributed by atoms with Crippen molar-refractivity contribution in [2.45, 2.75) is 30.9 Å². The zero-order valence-electron chi connectivity index (χ0n) is 9.66. The van der Waals surface area contributed by atoms with E-state index in [2.05, 4.69) is 5.32 Å². The van der Waals surface area contributed by atoms with E-state index in [4.69, 9.17) is 9.47 Å². The molecule has 92 valence electrons. The van der Waals surface area contributed by atoms with E-state index in [0.717, 1.165) is 43.9 Å². The minimum absolute atomic E-state index is 0.129. The first kappa shape index (κ1) is 12.2. The third-order valence-electron chi connectivity index (χ3n) is 3.29. The van der Waals surface area contributed by atoms with Crippen molar-refractivity contribution in [2.24, 2.45) is 0 Å². The minimum atomic E-state index is -0.467. The second-order valence-corrected chi connectivity index (χ2v) is 5.50. The highest BCUT2D eigenvalue weighted by atomic mass is 32.2. The lowest BCUT2D eigenvalue weighted by Gasteiger charge is -2.27. The molecule has 5 heteroatoms. The Bertz CT molecular complexity index is 248. The summed E-state index contributed by atoms with van der Waals surface area (Å²) in [5.74, 6) is 1.70. The van der Waals surface area contributed by atoms with E-state index in [1.165, 1.54) is 7.11 Å². The molecule has 2 unspecified atom stereocenters. The smallest absolute Gasteiger partial charge is 0.326 e. The topological polar surface area (TPSA) is 47.6 Å². The SMILES string of the molecule is COC(=O)C1(NCC2CCCO2)CCSC1. The van der Waals surface area contributed by atoms with Crippen LogP contribution < -0.4 is 5.32 Å². The van der Waals surface area contributed by atoms with E-state index in [0.29, 0.717) is 0 Å². The van der Waals surface area contributed by atoms with Crippen LogP contribution in [0.5, 0.6) is 0 Å². The quantitative estimate of drug-likeness (QED) is 0.743. The summed E-state index contributed by atoms with van der Waals surface area (Å²) < 4.78 is 10.4. The molecule has 2 fully saturated rings. The summed E-state index contributed by atoms with van der Waals surface area (Å²) in [6.45, 7) is 1.61. The van der Waals surface area contributed by atoms with E-state index >= 15 is 0 Å². The van der Waals surface area contributed by atoms with Crippen LogP contribution in [0.2, 0.25) is 0 Å². The summed E-state index contributed by atoms with van der Waals surface area (Å²) in [5, 5.41) is 3.37. The number of ether oxygens (including phenoxy) is 2. The predicted octanol–water partition coefficient (Wildman–Crippen LogP) is 0.804. The van der Waals surface area contributed by atoms with Gasteiger partial charge in [0.25, 0.3) is 0 Å². The van der Waals surface area contributed by atoms with Gasteiger partial charge in [0.15, 0.2) is 0 Å². The summed E-state index contributed by atoms with van der Waals surface area (Å²) in [6.07, 6.45) is 3.35. The van der Waals surface area contributed by atoms with Gasteiger partial charge in [-0.2, -0.15) is 11.8 Å². The maximum absolute atomic E-state index is 11.8.